The van der Waals surface area contributed by atoms with Gasteiger partial charge in [-0.2, -0.15) is 0 Å². The van der Waals surface area contributed by atoms with Crippen LogP contribution in [0.4, 0.5) is 4.39 Å². The van der Waals surface area contributed by atoms with Crippen LogP contribution in [0.3, 0.4) is 0 Å². The molecule has 3 aromatic rings. The highest BCUT2D eigenvalue weighted by Gasteiger charge is 2.17. The number of fused-ring (bicyclic) bond motifs is 1. The third-order valence-corrected chi connectivity index (χ3v) is 3.63. The second kappa shape index (κ2) is 4.93. The van der Waals surface area contributed by atoms with Crippen molar-refractivity contribution in [2.45, 2.75) is 13.0 Å². The molecular formula is C16H13ClFNO. The fourth-order valence-corrected chi connectivity index (χ4v) is 2.48. The summed E-state index contributed by atoms with van der Waals surface area (Å²) in [6.45, 7) is 2.01. The number of nitrogens with two attached hydrogens (primary N) is 1. The summed E-state index contributed by atoms with van der Waals surface area (Å²) in [6.07, 6.45) is 0. The van der Waals surface area contributed by atoms with E-state index in [0.717, 1.165) is 16.5 Å². The first-order chi connectivity index (χ1) is 9.54. The van der Waals surface area contributed by atoms with Gasteiger partial charge in [0.05, 0.1) is 6.04 Å². The summed E-state index contributed by atoms with van der Waals surface area (Å²) < 4.78 is 19.1. The van der Waals surface area contributed by atoms with Gasteiger partial charge >= 0.3 is 0 Å². The highest BCUT2D eigenvalue weighted by Crippen LogP contribution is 2.31. The van der Waals surface area contributed by atoms with Crippen molar-refractivity contribution in [3.8, 4) is 0 Å². The van der Waals surface area contributed by atoms with Gasteiger partial charge in [0, 0.05) is 10.4 Å². The Hall–Kier alpha value is -1.84. The predicted octanol–water partition coefficient (Wildman–Crippen LogP) is 4.58. The highest BCUT2D eigenvalue weighted by atomic mass is 35.5. The Balaban J connectivity index is 2.07. The molecule has 1 heterocycles. The van der Waals surface area contributed by atoms with Gasteiger partial charge in [-0.05, 0) is 48.9 Å². The van der Waals surface area contributed by atoms with Crippen molar-refractivity contribution in [3.05, 3.63) is 70.2 Å². The van der Waals surface area contributed by atoms with Crippen LogP contribution in [0.2, 0.25) is 5.02 Å². The quantitative estimate of drug-likeness (QED) is 0.750. The molecule has 20 heavy (non-hydrogen) atoms. The van der Waals surface area contributed by atoms with Gasteiger partial charge in [-0.25, -0.2) is 4.39 Å². The molecule has 1 unspecified atom stereocenters. The average Bonchev–Trinajstić information content (AvgIpc) is 2.83. The van der Waals surface area contributed by atoms with E-state index in [2.05, 4.69) is 0 Å². The summed E-state index contributed by atoms with van der Waals surface area (Å²) in [5.41, 5.74) is 8.56. The van der Waals surface area contributed by atoms with Crippen LogP contribution in [0, 0.1) is 12.7 Å². The summed E-state index contributed by atoms with van der Waals surface area (Å²) in [7, 11) is 0. The minimum atomic E-state index is -0.592. The molecule has 0 aliphatic rings. The average molecular weight is 290 g/mol. The highest BCUT2D eigenvalue weighted by molar-refractivity contribution is 6.31. The van der Waals surface area contributed by atoms with Crippen LogP contribution >= 0.6 is 11.6 Å². The molecule has 1 atom stereocenters. The van der Waals surface area contributed by atoms with E-state index in [1.165, 1.54) is 18.2 Å². The smallest absolute Gasteiger partial charge is 0.134 e. The molecule has 2 aromatic carbocycles. The van der Waals surface area contributed by atoms with Crippen LogP contribution < -0.4 is 5.73 Å². The number of aryl methyl sites for hydroxylation is 1. The van der Waals surface area contributed by atoms with Crippen LogP contribution in [0.5, 0.6) is 0 Å². The molecule has 0 aliphatic heterocycles. The molecule has 1 aromatic heterocycles. The van der Waals surface area contributed by atoms with Crippen molar-refractivity contribution in [1.29, 1.82) is 0 Å². The molecule has 0 spiro atoms. The SMILES string of the molecule is Cc1ccc2oc(C(N)c3cc(F)ccc3Cl)cc2c1. The minimum absolute atomic E-state index is 0.369. The van der Waals surface area contributed by atoms with Gasteiger partial charge in [0.2, 0.25) is 0 Å². The maximum atomic E-state index is 13.3. The summed E-state index contributed by atoms with van der Waals surface area (Å²) in [5, 5.41) is 1.40. The summed E-state index contributed by atoms with van der Waals surface area (Å²) >= 11 is 6.08. The molecule has 3 rings (SSSR count). The molecule has 102 valence electrons. The van der Waals surface area contributed by atoms with Crippen LogP contribution in [0.25, 0.3) is 11.0 Å². The molecule has 0 saturated heterocycles. The van der Waals surface area contributed by atoms with Crippen molar-refractivity contribution in [2.24, 2.45) is 5.73 Å². The summed E-state index contributed by atoms with van der Waals surface area (Å²) in [5.74, 6) is 0.199. The largest absolute Gasteiger partial charge is 0.459 e. The first-order valence-corrected chi connectivity index (χ1v) is 6.63. The number of furan rings is 1. The Labute approximate surface area is 121 Å². The molecule has 0 aliphatic carbocycles. The van der Waals surface area contributed by atoms with Gasteiger partial charge in [-0.3, -0.25) is 0 Å². The van der Waals surface area contributed by atoms with Gasteiger partial charge in [0.1, 0.15) is 17.2 Å². The molecule has 0 bridgehead atoms. The Bertz CT molecular complexity index is 781. The summed E-state index contributed by atoms with van der Waals surface area (Å²) in [6, 6.07) is 11.3. The monoisotopic (exact) mass is 289 g/mol. The second-order valence-corrected chi connectivity index (χ2v) is 5.24. The van der Waals surface area contributed by atoms with Gasteiger partial charge < -0.3 is 10.2 Å². The number of rotatable bonds is 2. The number of benzene rings is 2. The van der Waals surface area contributed by atoms with Crippen LogP contribution in [0.15, 0.2) is 46.9 Å². The molecular weight excluding hydrogens is 277 g/mol. The molecule has 0 fully saturated rings. The minimum Gasteiger partial charge on any atom is -0.459 e. The standard InChI is InChI=1S/C16H13ClFNO/c1-9-2-5-14-10(6-9)7-15(20-14)16(19)12-8-11(18)3-4-13(12)17/h2-8,16H,19H2,1H3. The zero-order valence-corrected chi connectivity index (χ0v) is 11.6. The van der Waals surface area contributed by atoms with E-state index in [0.29, 0.717) is 16.3 Å². The maximum absolute atomic E-state index is 13.3. The van der Waals surface area contributed by atoms with Crippen molar-refractivity contribution < 1.29 is 8.81 Å². The third-order valence-electron chi connectivity index (χ3n) is 3.29. The fourth-order valence-electron chi connectivity index (χ4n) is 2.24. The first-order valence-electron chi connectivity index (χ1n) is 6.25. The molecule has 2 N–H and O–H groups in total. The third kappa shape index (κ3) is 2.30. The first kappa shape index (κ1) is 13.2. The zero-order chi connectivity index (χ0) is 14.3. The van der Waals surface area contributed by atoms with E-state index >= 15 is 0 Å². The van der Waals surface area contributed by atoms with E-state index in [1.807, 2.05) is 31.2 Å². The van der Waals surface area contributed by atoms with Crippen molar-refractivity contribution >= 4 is 22.6 Å². The van der Waals surface area contributed by atoms with E-state index in [9.17, 15) is 4.39 Å². The van der Waals surface area contributed by atoms with Crippen LogP contribution in [0.1, 0.15) is 22.9 Å². The Kier molecular flexibility index (Phi) is 3.24. The van der Waals surface area contributed by atoms with Crippen molar-refractivity contribution in [2.75, 3.05) is 0 Å². The normalized spacial score (nSPS) is 12.8. The topological polar surface area (TPSA) is 39.2 Å². The maximum Gasteiger partial charge on any atom is 0.134 e. The van der Waals surface area contributed by atoms with Gasteiger partial charge in [-0.15, -0.1) is 0 Å². The van der Waals surface area contributed by atoms with Crippen molar-refractivity contribution in [1.82, 2.24) is 0 Å². The molecule has 4 heteroatoms. The zero-order valence-electron chi connectivity index (χ0n) is 10.9. The summed E-state index contributed by atoms with van der Waals surface area (Å²) in [4.78, 5) is 0. The van der Waals surface area contributed by atoms with Gasteiger partial charge in [0.15, 0.2) is 0 Å². The predicted molar refractivity (Wildman–Crippen MR) is 78.4 cm³/mol. The van der Waals surface area contributed by atoms with E-state index in [-0.39, 0.29) is 5.82 Å². The van der Waals surface area contributed by atoms with Gasteiger partial charge in [0.25, 0.3) is 0 Å². The number of hydrogen-bond donors (Lipinski definition) is 1. The Morgan fingerprint density at radius 2 is 1.95 bits per heavy atom. The fraction of sp³-hybridized carbons (Fsp3) is 0.125. The lowest BCUT2D eigenvalue weighted by Gasteiger charge is -2.11. The second-order valence-electron chi connectivity index (χ2n) is 4.83. The lowest BCUT2D eigenvalue weighted by atomic mass is 10.0. The Morgan fingerprint density at radius 1 is 1.15 bits per heavy atom. The van der Waals surface area contributed by atoms with E-state index in [4.69, 9.17) is 21.8 Å². The molecule has 2 nitrogen and oxygen atoms in total. The van der Waals surface area contributed by atoms with Crippen molar-refractivity contribution in [3.63, 3.8) is 0 Å². The molecule has 0 saturated carbocycles. The lowest BCUT2D eigenvalue weighted by molar-refractivity contribution is 0.523. The lowest BCUT2D eigenvalue weighted by Crippen LogP contribution is -2.11. The van der Waals surface area contributed by atoms with Crippen LogP contribution in [-0.4, -0.2) is 0 Å². The number of hydrogen-bond acceptors (Lipinski definition) is 2. The van der Waals surface area contributed by atoms with Gasteiger partial charge in [-0.1, -0.05) is 23.2 Å². The number of halogens is 2. The Morgan fingerprint density at radius 3 is 2.75 bits per heavy atom. The van der Waals surface area contributed by atoms with Crippen LogP contribution in [-0.2, 0) is 0 Å². The molecule has 0 amide bonds. The van der Waals surface area contributed by atoms with E-state index in [1.54, 1.807) is 0 Å². The molecule has 0 radical (unpaired) electrons. The van der Waals surface area contributed by atoms with E-state index < -0.39 is 6.04 Å².